The van der Waals surface area contributed by atoms with Gasteiger partial charge in [0.2, 0.25) is 0 Å². The first kappa shape index (κ1) is 24.6. The number of carbonyl (C=O) groups excluding carboxylic acids is 2. The van der Waals surface area contributed by atoms with Gasteiger partial charge in [0.15, 0.2) is 11.6 Å². The Labute approximate surface area is 205 Å². The lowest BCUT2D eigenvalue weighted by atomic mass is 10.1. The maximum absolute atomic E-state index is 13.5. The standard InChI is InChI=1S/C26H23F2N5O3/c1-15(2)32-24(34)19-9-18-7-16(4-6-23(18)30-11-19)10-31-25(35)20-12-29-14-33(26(20)36)13-17-3-5-21(27)22(28)8-17/h3-9,11-12,14-15H,10,13H2,1-2H3,(H,31,35)(H,32,34). The van der Waals surface area contributed by atoms with Crippen LogP contribution in [0.5, 0.6) is 0 Å². The minimum Gasteiger partial charge on any atom is -0.350 e. The number of nitrogens with one attached hydrogen (secondary N) is 2. The molecule has 0 aliphatic rings. The molecule has 2 aromatic carbocycles. The van der Waals surface area contributed by atoms with E-state index in [1.807, 2.05) is 13.8 Å². The molecule has 36 heavy (non-hydrogen) atoms. The highest BCUT2D eigenvalue weighted by atomic mass is 19.2. The van der Waals surface area contributed by atoms with Crippen molar-refractivity contribution in [2.24, 2.45) is 0 Å². The van der Waals surface area contributed by atoms with Crippen LogP contribution in [0.4, 0.5) is 8.78 Å². The van der Waals surface area contributed by atoms with Crippen molar-refractivity contribution < 1.29 is 18.4 Å². The number of halogens is 2. The fraction of sp³-hybridized carbons (Fsp3) is 0.192. The number of nitrogens with zero attached hydrogens (tertiary/aromatic N) is 3. The summed E-state index contributed by atoms with van der Waals surface area (Å²) in [7, 11) is 0. The lowest BCUT2D eigenvalue weighted by Gasteiger charge is -2.10. The Morgan fingerprint density at radius 2 is 1.75 bits per heavy atom. The fourth-order valence-electron chi connectivity index (χ4n) is 3.59. The van der Waals surface area contributed by atoms with Crippen LogP contribution in [0.2, 0.25) is 0 Å². The van der Waals surface area contributed by atoms with Gasteiger partial charge in [-0.3, -0.25) is 23.9 Å². The van der Waals surface area contributed by atoms with Gasteiger partial charge in [0.1, 0.15) is 5.56 Å². The van der Waals surface area contributed by atoms with Crippen LogP contribution in [0.15, 0.2) is 66.0 Å². The first-order valence-electron chi connectivity index (χ1n) is 11.2. The molecule has 0 aliphatic heterocycles. The fourth-order valence-corrected chi connectivity index (χ4v) is 3.59. The Kier molecular flexibility index (Phi) is 7.14. The summed E-state index contributed by atoms with van der Waals surface area (Å²) in [6.45, 7) is 3.78. The van der Waals surface area contributed by atoms with Crippen molar-refractivity contribution in [1.82, 2.24) is 25.2 Å². The lowest BCUT2D eigenvalue weighted by molar-refractivity contribution is 0.0937. The van der Waals surface area contributed by atoms with Gasteiger partial charge in [-0.2, -0.15) is 0 Å². The second-order valence-electron chi connectivity index (χ2n) is 8.55. The Balaban J connectivity index is 1.48. The summed E-state index contributed by atoms with van der Waals surface area (Å²) in [4.78, 5) is 46.0. The van der Waals surface area contributed by atoms with Crippen LogP contribution >= 0.6 is 0 Å². The molecule has 184 valence electrons. The molecule has 0 saturated heterocycles. The van der Waals surface area contributed by atoms with Crippen molar-refractivity contribution in [2.45, 2.75) is 33.0 Å². The molecule has 0 radical (unpaired) electrons. The SMILES string of the molecule is CC(C)NC(=O)c1cnc2ccc(CNC(=O)c3cncn(Cc4ccc(F)c(F)c4)c3=O)cc2c1. The van der Waals surface area contributed by atoms with Crippen LogP contribution in [0.25, 0.3) is 10.9 Å². The smallest absolute Gasteiger partial charge is 0.266 e. The summed E-state index contributed by atoms with van der Waals surface area (Å²) in [6, 6.07) is 10.4. The van der Waals surface area contributed by atoms with E-state index in [2.05, 4.69) is 20.6 Å². The summed E-state index contributed by atoms with van der Waals surface area (Å²) < 4.78 is 27.8. The van der Waals surface area contributed by atoms with E-state index in [-0.39, 0.29) is 30.6 Å². The minimum atomic E-state index is -1.03. The van der Waals surface area contributed by atoms with Crippen LogP contribution in [0, 0.1) is 11.6 Å². The number of hydrogen-bond acceptors (Lipinski definition) is 5. The minimum absolute atomic E-state index is 0.0105. The number of benzene rings is 2. The largest absolute Gasteiger partial charge is 0.350 e. The first-order chi connectivity index (χ1) is 17.2. The molecule has 10 heteroatoms. The number of carbonyl (C=O) groups is 2. The number of aromatic nitrogens is 3. The van der Waals surface area contributed by atoms with Gasteiger partial charge in [-0.15, -0.1) is 0 Å². The van der Waals surface area contributed by atoms with Crippen molar-refractivity contribution in [3.05, 3.63) is 105 Å². The second kappa shape index (κ2) is 10.4. The van der Waals surface area contributed by atoms with Crippen molar-refractivity contribution >= 4 is 22.7 Å². The van der Waals surface area contributed by atoms with Crippen molar-refractivity contribution in [3.8, 4) is 0 Å². The van der Waals surface area contributed by atoms with Crippen LogP contribution in [0.1, 0.15) is 45.7 Å². The van der Waals surface area contributed by atoms with Crippen molar-refractivity contribution in [2.75, 3.05) is 0 Å². The number of amides is 2. The summed E-state index contributed by atoms with van der Waals surface area (Å²) in [6.07, 6.45) is 3.89. The monoisotopic (exact) mass is 491 g/mol. The van der Waals surface area contributed by atoms with Crippen LogP contribution < -0.4 is 16.2 Å². The lowest BCUT2D eigenvalue weighted by Crippen LogP contribution is -2.33. The quantitative estimate of drug-likeness (QED) is 0.413. The van der Waals surface area contributed by atoms with Gasteiger partial charge in [0, 0.05) is 30.4 Å². The number of pyridine rings is 1. The number of rotatable bonds is 7. The van der Waals surface area contributed by atoms with E-state index in [1.54, 1.807) is 24.3 Å². The zero-order chi connectivity index (χ0) is 25.8. The Morgan fingerprint density at radius 1 is 0.972 bits per heavy atom. The summed E-state index contributed by atoms with van der Waals surface area (Å²) in [5.41, 5.74) is 1.41. The molecule has 4 rings (SSSR count). The summed E-state index contributed by atoms with van der Waals surface area (Å²) >= 11 is 0. The molecule has 0 bridgehead atoms. The van der Waals surface area contributed by atoms with E-state index in [0.717, 1.165) is 33.8 Å². The van der Waals surface area contributed by atoms with E-state index in [1.165, 1.54) is 18.6 Å². The van der Waals surface area contributed by atoms with E-state index in [0.29, 0.717) is 16.6 Å². The molecule has 0 fully saturated rings. The molecule has 0 saturated carbocycles. The molecular formula is C26H23F2N5O3. The molecule has 8 nitrogen and oxygen atoms in total. The molecular weight excluding hydrogens is 468 g/mol. The predicted octanol–water partition coefficient (Wildman–Crippen LogP) is 3.19. The topological polar surface area (TPSA) is 106 Å². The Hall–Kier alpha value is -4.47. The zero-order valence-electron chi connectivity index (χ0n) is 19.6. The maximum Gasteiger partial charge on any atom is 0.266 e. The molecule has 2 amide bonds. The average molecular weight is 491 g/mol. The van der Waals surface area contributed by atoms with Crippen LogP contribution in [-0.4, -0.2) is 32.4 Å². The van der Waals surface area contributed by atoms with Crippen molar-refractivity contribution in [3.63, 3.8) is 0 Å². The van der Waals surface area contributed by atoms with Gasteiger partial charge < -0.3 is 10.6 Å². The first-order valence-corrected chi connectivity index (χ1v) is 11.2. The van der Waals surface area contributed by atoms with Gasteiger partial charge >= 0.3 is 0 Å². The zero-order valence-corrected chi connectivity index (χ0v) is 19.6. The highest BCUT2D eigenvalue weighted by Crippen LogP contribution is 2.16. The molecule has 2 heterocycles. The normalized spacial score (nSPS) is 11.0. The average Bonchev–Trinajstić information content (AvgIpc) is 2.85. The molecule has 2 aromatic heterocycles. The van der Waals surface area contributed by atoms with E-state index in [4.69, 9.17) is 0 Å². The molecule has 4 aromatic rings. The molecule has 2 N–H and O–H groups in total. The van der Waals surface area contributed by atoms with Gasteiger partial charge in [-0.05, 0) is 55.3 Å². The van der Waals surface area contributed by atoms with Crippen molar-refractivity contribution in [1.29, 1.82) is 0 Å². The molecule has 0 spiro atoms. The Bertz CT molecular complexity index is 1520. The summed E-state index contributed by atoms with van der Waals surface area (Å²) in [5.74, 6) is -2.87. The number of fused-ring (bicyclic) bond motifs is 1. The van der Waals surface area contributed by atoms with Crippen LogP contribution in [-0.2, 0) is 13.1 Å². The van der Waals surface area contributed by atoms with Gasteiger partial charge in [0.05, 0.1) is 24.0 Å². The highest BCUT2D eigenvalue weighted by Gasteiger charge is 2.14. The molecule has 0 atom stereocenters. The van der Waals surface area contributed by atoms with E-state index >= 15 is 0 Å². The van der Waals surface area contributed by atoms with Gasteiger partial charge in [0.25, 0.3) is 17.4 Å². The summed E-state index contributed by atoms with van der Waals surface area (Å²) in [5, 5.41) is 6.24. The third-order valence-corrected chi connectivity index (χ3v) is 5.36. The third kappa shape index (κ3) is 5.60. The van der Waals surface area contributed by atoms with E-state index in [9.17, 15) is 23.2 Å². The Morgan fingerprint density at radius 3 is 2.50 bits per heavy atom. The number of hydrogen-bond donors (Lipinski definition) is 2. The second-order valence-corrected chi connectivity index (χ2v) is 8.55. The maximum atomic E-state index is 13.5. The third-order valence-electron chi connectivity index (χ3n) is 5.36. The highest BCUT2D eigenvalue weighted by molar-refractivity contribution is 5.97. The molecule has 0 unspecified atom stereocenters. The van der Waals surface area contributed by atoms with Gasteiger partial charge in [-0.1, -0.05) is 12.1 Å². The molecule has 0 aliphatic carbocycles. The predicted molar refractivity (Wildman–Crippen MR) is 129 cm³/mol. The van der Waals surface area contributed by atoms with Crippen LogP contribution in [0.3, 0.4) is 0 Å². The van der Waals surface area contributed by atoms with E-state index < -0.39 is 23.1 Å². The van der Waals surface area contributed by atoms with Gasteiger partial charge in [-0.25, -0.2) is 13.8 Å².